The van der Waals surface area contributed by atoms with Gasteiger partial charge in [0, 0.05) is 30.5 Å². The number of hydrogen-bond donors (Lipinski definition) is 1. The van der Waals surface area contributed by atoms with Crippen molar-refractivity contribution in [1.82, 2.24) is 20.2 Å². The van der Waals surface area contributed by atoms with Gasteiger partial charge in [0.1, 0.15) is 12.6 Å². The third kappa shape index (κ3) is 3.96. The zero-order valence-electron chi connectivity index (χ0n) is 15.3. The van der Waals surface area contributed by atoms with E-state index in [2.05, 4.69) is 5.43 Å². The molecule has 6 nitrogen and oxygen atoms in total. The van der Waals surface area contributed by atoms with Gasteiger partial charge < -0.3 is 14.8 Å². The number of benzene rings is 1. The van der Waals surface area contributed by atoms with Crippen molar-refractivity contribution in [2.45, 2.75) is 44.2 Å². The number of hydrazine groups is 1. The van der Waals surface area contributed by atoms with Crippen molar-refractivity contribution in [3.8, 4) is 0 Å². The largest absolute Gasteiger partial charge is 0.341 e. The zero-order valence-corrected chi connectivity index (χ0v) is 16.1. The lowest BCUT2D eigenvalue weighted by Gasteiger charge is -2.32. The van der Waals surface area contributed by atoms with Crippen molar-refractivity contribution in [2.24, 2.45) is 0 Å². The first-order chi connectivity index (χ1) is 13.1. The molecule has 0 aromatic heterocycles. The maximum absolute atomic E-state index is 12.9. The topological polar surface area (TPSA) is 55.9 Å². The van der Waals surface area contributed by atoms with E-state index in [9.17, 15) is 9.59 Å². The summed E-state index contributed by atoms with van der Waals surface area (Å²) < 4.78 is 0. The molecule has 3 aliphatic heterocycles. The maximum Gasteiger partial charge on any atom is 0.251 e. The Morgan fingerprint density at radius 3 is 2.48 bits per heavy atom. The summed E-state index contributed by atoms with van der Waals surface area (Å²) in [6, 6.07) is 7.45. The molecule has 1 N–H and O–H groups in total. The number of fused-ring (bicyclic) bond motifs is 1. The minimum atomic E-state index is -0.285. The predicted molar refractivity (Wildman–Crippen MR) is 103 cm³/mol. The van der Waals surface area contributed by atoms with Crippen molar-refractivity contribution in [1.29, 1.82) is 0 Å². The monoisotopic (exact) mass is 388 g/mol. The van der Waals surface area contributed by atoms with Crippen molar-refractivity contribution in [2.75, 3.05) is 19.6 Å². The zero-order chi connectivity index (χ0) is 18.8. The van der Waals surface area contributed by atoms with Crippen LogP contribution in [0.1, 0.15) is 43.7 Å². The van der Waals surface area contributed by atoms with Crippen LogP contribution in [0.4, 0.5) is 0 Å². The maximum atomic E-state index is 12.9. The quantitative estimate of drug-likeness (QED) is 0.865. The minimum absolute atomic E-state index is 0.0235. The van der Waals surface area contributed by atoms with E-state index >= 15 is 0 Å². The summed E-state index contributed by atoms with van der Waals surface area (Å²) in [5.74, 6) is 0.0215. The second kappa shape index (κ2) is 7.90. The van der Waals surface area contributed by atoms with Gasteiger partial charge in [-0.25, -0.2) is 5.43 Å². The second-order valence-corrected chi connectivity index (χ2v) is 7.89. The minimum Gasteiger partial charge on any atom is -0.341 e. The summed E-state index contributed by atoms with van der Waals surface area (Å²) in [7, 11) is 0. The second-order valence-electron chi connectivity index (χ2n) is 7.45. The molecular weight excluding hydrogens is 364 g/mol. The van der Waals surface area contributed by atoms with Gasteiger partial charge in [0.25, 0.3) is 5.91 Å². The van der Waals surface area contributed by atoms with E-state index < -0.39 is 0 Å². The number of carbonyl (C=O) groups excluding carboxylic acids is 2. The van der Waals surface area contributed by atoms with E-state index in [4.69, 9.17) is 11.6 Å². The van der Waals surface area contributed by atoms with Crippen molar-refractivity contribution in [3.05, 3.63) is 47.3 Å². The Morgan fingerprint density at radius 2 is 1.78 bits per heavy atom. The van der Waals surface area contributed by atoms with E-state index in [1.807, 2.05) is 40.4 Å². The number of likely N-dealkylation sites (tertiary alicyclic amines) is 1. The highest BCUT2D eigenvalue weighted by atomic mass is 35.5. The number of carbonyl (C=O) groups is 2. The fraction of sp³-hybridized carbons (Fsp3) is 0.500. The highest BCUT2D eigenvalue weighted by molar-refractivity contribution is 6.30. The SMILES string of the molecule is O=C1C2CC(c3ccc(Cl)cc3)NN2C=CN1CC(=O)N1CCCCCC1. The average molecular weight is 389 g/mol. The van der Waals surface area contributed by atoms with Crippen LogP contribution in [0.3, 0.4) is 0 Å². The highest BCUT2D eigenvalue weighted by Crippen LogP contribution is 2.31. The molecule has 0 aliphatic carbocycles. The lowest BCUT2D eigenvalue weighted by molar-refractivity contribution is -0.141. The number of halogens is 1. The number of nitrogens with zero attached hydrogens (tertiary/aromatic N) is 3. The molecule has 2 unspecified atom stereocenters. The Balaban J connectivity index is 1.39. The third-order valence-electron chi connectivity index (χ3n) is 5.61. The first-order valence-electron chi connectivity index (χ1n) is 9.68. The van der Waals surface area contributed by atoms with Crippen LogP contribution in [0.2, 0.25) is 5.02 Å². The van der Waals surface area contributed by atoms with Gasteiger partial charge in [-0.2, -0.15) is 0 Å². The van der Waals surface area contributed by atoms with Gasteiger partial charge in [-0.3, -0.25) is 9.59 Å². The molecule has 1 aromatic rings. The van der Waals surface area contributed by atoms with Gasteiger partial charge >= 0.3 is 0 Å². The Hall–Kier alpha value is -2.05. The van der Waals surface area contributed by atoms with Gasteiger partial charge in [-0.1, -0.05) is 36.6 Å². The fourth-order valence-electron chi connectivity index (χ4n) is 4.05. The molecule has 0 spiro atoms. The molecule has 2 amide bonds. The molecule has 4 rings (SSSR count). The predicted octanol–water partition coefficient (Wildman–Crippen LogP) is 2.68. The Morgan fingerprint density at radius 1 is 1.07 bits per heavy atom. The molecule has 27 heavy (non-hydrogen) atoms. The average Bonchev–Trinajstić information content (AvgIpc) is 2.92. The number of nitrogens with one attached hydrogen (secondary N) is 1. The standard InChI is InChI=1S/C20H25ClN4O2/c21-16-7-5-15(6-8-16)17-13-18-20(27)24(11-12-25(18)22-17)14-19(26)23-9-3-1-2-4-10-23/h5-8,11-12,17-18,22H,1-4,9-10,13-14H2. The van der Waals surface area contributed by atoms with Crippen molar-refractivity contribution < 1.29 is 9.59 Å². The van der Waals surface area contributed by atoms with Crippen LogP contribution in [0.25, 0.3) is 0 Å². The van der Waals surface area contributed by atoms with Crippen LogP contribution >= 0.6 is 11.6 Å². The molecule has 1 aromatic carbocycles. The smallest absolute Gasteiger partial charge is 0.251 e. The molecule has 7 heteroatoms. The van der Waals surface area contributed by atoms with Gasteiger partial charge in [0.15, 0.2) is 0 Å². The lowest BCUT2D eigenvalue weighted by Crippen LogP contribution is -2.51. The lowest BCUT2D eigenvalue weighted by atomic mass is 10.0. The number of hydrogen-bond acceptors (Lipinski definition) is 4. The molecule has 3 aliphatic rings. The Labute approximate surface area is 164 Å². The first-order valence-corrected chi connectivity index (χ1v) is 10.1. The molecular formula is C20H25ClN4O2. The van der Waals surface area contributed by atoms with E-state index in [1.165, 1.54) is 12.8 Å². The number of amides is 2. The van der Waals surface area contributed by atoms with Crippen molar-refractivity contribution >= 4 is 23.4 Å². The van der Waals surface area contributed by atoms with Gasteiger partial charge in [0.05, 0.1) is 6.04 Å². The van der Waals surface area contributed by atoms with E-state index in [0.717, 1.165) is 31.5 Å². The van der Waals surface area contributed by atoms with Crippen LogP contribution < -0.4 is 5.43 Å². The molecule has 0 radical (unpaired) electrons. The number of rotatable bonds is 3. The van der Waals surface area contributed by atoms with E-state index in [0.29, 0.717) is 11.4 Å². The normalized spacial score (nSPS) is 25.5. The molecule has 144 valence electrons. The van der Waals surface area contributed by atoms with Crippen LogP contribution in [0.15, 0.2) is 36.7 Å². The molecule has 0 saturated carbocycles. The molecule has 3 heterocycles. The first kappa shape index (κ1) is 18.3. The molecule has 2 atom stereocenters. The van der Waals surface area contributed by atoms with Crippen LogP contribution in [0.5, 0.6) is 0 Å². The van der Waals surface area contributed by atoms with Crippen LogP contribution in [-0.4, -0.2) is 52.3 Å². The summed E-state index contributed by atoms with van der Waals surface area (Å²) in [5, 5.41) is 2.55. The summed E-state index contributed by atoms with van der Waals surface area (Å²) in [4.78, 5) is 29.0. The summed E-state index contributed by atoms with van der Waals surface area (Å²) >= 11 is 5.97. The third-order valence-corrected chi connectivity index (χ3v) is 5.86. The van der Waals surface area contributed by atoms with E-state index in [1.54, 1.807) is 11.1 Å². The Bertz CT molecular complexity index is 728. The summed E-state index contributed by atoms with van der Waals surface area (Å²) in [6.45, 7) is 1.74. The van der Waals surface area contributed by atoms with Crippen LogP contribution in [0, 0.1) is 0 Å². The summed E-state index contributed by atoms with van der Waals surface area (Å²) in [5.41, 5.74) is 4.46. The van der Waals surface area contributed by atoms with Crippen molar-refractivity contribution in [3.63, 3.8) is 0 Å². The van der Waals surface area contributed by atoms with E-state index in [-0.39, 0.29) is 30.4 Å². The summed E-state index contributed by atoms with van der Waals surface area (Å²) in [6.07, 6.45) is 8.71. The Kier molecular flexibility index (Phi) is 5.36. The molecule has 2 saturated heterocycles. The molecule has 0 bridgehead atoms. The van der Waals surface area contributed by atoms with Crippen LogP contribution in [-0.2, 0) is 9.59 Å². The van der Waals surface area contributed by atoms with Gasteiger partial charge in [0.2, 0.25) is 5.91 Å². The molecule has 2 fully saturated rings. The van der Waals surface area contributed by atoms with Gasteiger partial charge in [-0.15, -0.1) is 0 Å². The fourth-order valence-corrected chi connectivity index (χ4v) is 4.17. The van der Waals surface area contributed by atoms with Gasteiger partial charge in [-0.05, 0) is 37.0 Å². The highest BCUT2D eigenvalue weighted by Gasteiger charge is 2.40.